The molecule has 0 fully saturated rings. The van der Waals surface area contributed by atoms with Gasteiger partial charge < -0.3 is 9.84 Å². The van der Waals surface area contributed by atoms with Crippen LogP contribution in [0.2, 0.25) is 5.02 Å². The van der Waals surface area contributed by atoms with Crippen molar-refractivity contribution in [3.05, 3.63) is 63.7 Å². The minimum absolute atomic E-state index is 0.172. The number of aromatic carboxylic acids is 1. The molecular formula is C16H15ClO3. The highest BCUT2D eigenvalue weighted by Gasteiger charge is 2.08. The van der Waals surface area contributed by atoms with E-state index in [2.05, 4.69) is 0 Å². The zero-order chi connectivity index (χ0) is 14.7. The highest BCUT2D eigenvalue weighted by molar-refractivity contribution is 6.31. The van der Waals surface area contributed by atoms with Crippen molar-refractivity contribution in [1.29, 1.82) is 0 Å². The van der Waals surface area contributed by atoms with Crippen molar-refractivity contribution in [3.63, 3.8) is 0 Å². The molecule has 2 aromatic carbocycles. The van der Waals surface area contributed by atoms with Gasteiger partial charge in [0.2, 0.25) is 0 Å². The molecule has 0 unspecified atom stereocenters. The van der Waals surface area contributed by atoms with Gasteiger partial charge in [0.05, 0.1) is 5.56 Å². The lowest BCUT2D eigenvalue weighted by Gasteiger charge is -2.11. The smallest absolute Gasteiger partial charge is 0.335 e. The van der Waals surface area contributed by atoms with Crippen LogP contribution >= 0.6 is 11.6 Å². The van der Waals surface area contributed by atoms with Crippen molar-refractivity contribution in [2.45, 2.75) is 20.5 Å². The van der Waals surface area contributed by atoms with Gasteiger partial charge in [-0.25, -0.2) is 4.79 Å². The maximum absolute atomic E-state index is 10.8. The zero-order valence-electron chi connectivity index (χ0n) is 11.3. The molecule has 0 aliphatic heterocycles. The van der Waals surface area contributed by atoms with Gasteiger partial charge in [-0.15, -0.1) is 0 Å². The highest BCUT2D eigenvalue weighted by atomic mass is 35.5. The molecule has 0 heterocycles. The van der Waals surface area contributed by atoms with E-state index in [1.165, 1.54) is 17.7 Å². The summed E-state index contributed by atoms with van der Waals surface area (Å²) in [4.78, 5) is 10.8. The van der Waals surface area contributed by atoms with Crippen LogP contribution in [0.25, 0.3) is 0 Å². The first-order valence-corrected chi connectivity index (χ1v) is 6.57. The Bertz CT molecular complexity index is 650. The molecule has 0 aliphatic carbocycles. The Morgan fingerprint density at radius 2 is 1.95 bits per heavy atom. The maximum Gasteiger partial charge on any atom is 0.335 e. The van der Waals surface area contributed by atoms with Gasteiger partial charge in [0.1, 0.15) is 12.4 Å². The number of hydrogen-bond donors (Lipinski definition) is 1. The van der Waals surface area contributed by atoms with Gasteiger partial charge in [-0.1, -0.05) is 35.4 Å². The van der Waals surface area contributed by atoms with Gasteiger partial charge >= 0.3 is 5.97 Å². The van der Waals surface area contributed by atoms with Crippen LogP contribution in [0.4, 0.5) is 0 Å². The number of rotatable bonds is 4. The topological polar surface area (TPSA) is 46.5 Å². The van der Waals surface area contributed by atoms with Crippen LogP contribution in [0.1, 0.15) is 27.0 Å². The summed E-state index contributed by atoms with van der Waals surface area (Å²) in [6.07, 6.45) is 0. The minimum Gasteiger partial charge on any atom is -0.489 e. The summed E-state index contributed by atoms with van der Waals surface area (Å²) in [5.41, 5.74) is 3.17. The van der Waals surface area contributed by atoms with E-state index in [9.17, 15) is 4.79 Å². The number of halogens is 1. The number of carboxylic acids is 1. The average Bonchev–Trinajstić information content (AvgIpc) is 2.38. The van der Waals surface area contributed by atoms with Crippen LogP contribution in [-0.4, -0.2) is 11.1 Å². The van der Waals surface area contributed by atoms with Crippen LogP contribution in [0.15, 0.2) is 36.4 Å². The normalized spacial score (nSPS) is 10.3. The lowest BCUT2D eigenvalue weighted by Crippen LogP contribution is -2.01. The van der Waals surface area contributed by atoms with Crippen molar-refractivity contribution in [1.82, 2.24) is 0 Å². The van der Waals surface area contributed by atoms with Crippen LogP contribution < -0.4 is 4.74 Å². The Labute approximate surface area is 122 Å². The van der Waals surface area contributed by atoms with Gasteiger partial charge in [0.25, 0.3) is 0 Å². The lowest BCUT2D eigenvalue weighted by molar-refractivity contribution is 0.0697. The summed E-state index contributed by atoms with van der Waals surface area (Å²) in [5.74, 6) is -0.192. The summed E-state index contributed by atoms with van der Waals surface area (Å²) in [5, 5.41) is 9.28. The first-order chi connectivity index (χ1) is 9.47. The Morgan fingerprint density at radius 1 is 1.20 bits per heavy atom. The second-order valence-electron chi connectivity index (χ2n) is 4.67. The largest absolute Gasteiger partial charge is 0.489 e. The summed E-state index contributed by atoms with van der Waals surface area (Å²) >= 11 is 6.06. The van der Waals surface area contributed by atoms with Crippen LogP contribution in [0.5, 0.6) is 5.75 Å². The fraction of sp³-hybridized carbons (Fsp3) is 0.188. The van der Waals surface area contributed by atoms with Crippen molar-refractivity contribution in [2.75, 3.05) is 0 Å². The second kappa shape index (κ2) is 5.97. The standard InChI is InChI=1S/C16H15ClO3/c1-10-3-6-15(11(2)7-10)20-9-13-5-4-12(16(18)19)8-14(13)17/h3-8H,9H2,1-2H3,(H,18,19). The second-order valence-corrected chi connectivity index (χ2v) is 5.08. The zero-order valence-corrected chi connectivity index (χ0v) is 12.1. The molecule has 2 aromatic rings. The summed E-state index contributed by atoms with van der Waals surface area (Å²) in [6, 6.07) is 10.6. The first kappa shape index (κ1) is 14.4. The lowest BCUT2D eigenvalue weighted by atomic mass is 10.1. The molecule has 2 rings (SSSR count). The van der Waals surface area contributed by atoms with E-state index in [1.54, 1.807) is 6.07 Å². The predicted molar refractivity (Wildman–Crippen MR) is 78.7 cm³/mol. The molecule has 4 heteroatoms. The molecule has 0 bridgehead atoms. The van der Waals surface area contributed by atoms with E-state index in [0.29, 0.717) is 11.6 Å². The van der Waals surface area contributed by atoms with Gasteiger partial charge in [0, 0.05) is 10.6 Å². The Hall–Kier alpha value is -2.00. The Kier molecular flexibility index (Phi) is 4.30. The van der Waals surface area contributed by atoms with Crippen molar-refractivity contribution >= 4 is 17.6 Å². The number of hydrogen-bond acceptors (Lipinski definition) is 2. The molecule has 3 nitrogen and oxygen atoms in total. The molecule has 0 saturated heterocycles. The molecule has 1 N–H and O–H groups in total. The van der Waals surface area contributed by atoms with Crippen LogP contribution in [0.3, 0.4) is 0 Å². The summed E-state index contributed by atoms with van der Waals surface area (Å²) in [6.45, 7) is 4.32. The third kappa shape index (κ3) is 3.31. The maximum atomic E-state index is 10.8. The van der Waals surface area contributed by atoms with Crippen molar-refractivity contribution < 1.29 is 14.6 Å². The number of carbonyl (C=O) groups is 1. The number of ether oxygens (including phenoxy) is 1. The molecular weight excluding hydrogens is 276 g/mol. The molecule has 0 radical (unpaired) electrons. The van der Waals surface area contributed by atoms with E-state index in [-0.39, 0.29) is 5.56 Å². The Morgan fingerprint density at radius 3 is 2.55 bits per heavy atom. The SMILES string of the molecule is Cc1ccc(OCc2ccc(C(=O)O)cc2Cl)c(C)c1. The Balaban J connectivity index is 2.13. The molecule has 0 aromatic heterocycles. The monoisotopic (exact) mass is 290 g/mol. The van der Waals surface area contributed by atoms with E-state index in [4.69, 9.17) is 21.4 Å². The van der Waals surface area contributed by atoms with E-state index in [1.807, 2.05) is 32.0 Å². The fourth-order valence-electron chi connectivity index (χ4n) is 1.91. The molecule has 0 spiro atoms. The predicted octanol–water partition coefficient (Wildman–Crippen LogP) is 4.23. The molecule has 0 atom stereocenters. The highest BCUT2D eigenvalue weighted by Crippen LogP contribution is 2.23. The average molecular weight is 291 g/mol. The number of benzene rings is 2. The van der Waals surface area contributed by atoms with Gasteiger partial charge in [-0.2, -0.15) is 0 Å². The number of carboxylic acid groups (broad SMARTS) is 1. The van der Waals surface area contributed by atoms with E-state index in [0.717, 1.165) is 16.9 Å². The molecule has 20 heavy (non-hydrogen) atoms. The van der Waals surface area contributed by atoms with Gasteiger partial charge in [-0.05, 0) is 37.6 Å². The third-order valence-corrected chi connectivity index (χ3v) is 3.37. The molecule has 104 valence electrons. The van der Waals surface area contributed by atoms with Crippen molar-refractivity contribution in [2.24, 2.45) is 0 Å². The molecule has 0 saturated carbocycles. The van der Waals surface area contributed by atoms with E-state index < -0.39 is 5.97 Å². The third-order valence-electron chi connectivity index (χ3n) is 3.01. The minimum atomic E-state index is -0.992. The van der Waals surface area contributed by atoms with E-state index >= 15 is 0 Å². The molecule has 0 aliphatic rings. The summed E-state index contributed by atoms with van der Waals surface area (Å²) in [7, 11) is 0. The fourth-order valence-corrected chi connectivity index (χ4v) is 2.15. The molecule has 0 amide bonds. The van der Waals surface area contributed by atoms with Gasteiger partial charge in [0.15, 0.2) is 0 Å². The van der Waals surface area contributed by atoms with Crippen LogP contribution in [-0.2, 0) is 6.61 Å². The summed E-state index contributed by atoms with van der Waals surface area (Å²) < 4.78 is 5.73. The van der Waals surface area contributed by atoms with Crippen molar-refractivity contribution in [3.8, 4) is 5.75 Å². The van der Waals surface area contributed by atoms with Crippen LogP contribution in [0, 0.1) is 13.8 Å². The van der Waals surface area contributed by atoms with Gasteiger partial charge in [-0.3, -0.25) is 0 Å². The number of aryl methyl sites for hydroxylation is 2. The first-order valence-electron chi connectivity index (χ1n) is 6.19. The quantitative estimate of drug-likeness (QED) is 0.916.